The molecule has 0 radical (unpaired) electrons. The van der Waals surface area contributed by atoms with Gasteiger partial charge >= 0.3 is 0 Å². The van der Waals surface area contributed by atoms with Gasteiger partial charge in [-0.25, -0.2) is 0 Å². The fraction of sp³-hybridized carbons (Fsp3) is 0.400. The Morgan fingerprint density at radius 2 is 1.90 bits per heavy atom. The van der Waals surface area contributed by atoms with Crippen molar-refractivity contribution in [3.8, 4) is 5.75 Å². The predicted molar refractivity (Wildman–Crippen MR) is 90.7 cm³/mol. The Bertz CT molecular complexity index is 654. The van der Waals surface area contributed by atoms with Gasteiger partial charge in [0.15, 0.2) is 0 Å². The van der Waals surface area contributed by atoms with Gasteiger partial charge in [-0.3, -0.25) is 0 Å². The van der Waals surface area contributed by atoms with E-state index in [0.29, 0.717) is 0 Å². The van der Waals surface area contributed by atoms with E-state index in [1.807, 2.05) is 6.07 Å². The molecule has 1 aliphatic carbocycles. The molecule has 2 aromatic carbocycles. The first kappa shape index (κ1) is 14.2. The number of hydrogen-bond acceptors (Lipinski definition) is 1. The molecule has 0 aromatic heterocycles. The van der Waals surface area contributed by atoms with Crippen LogP contribution in [0.1, 0.15) is 44.6 Å². The van der Waals surface area contributed by atoms with Gasteiger partial charge in [-0.1, -0.05) is 44.0 Å². The minimum atomic E-state index is 0.906. The molecule has 1 nitrogen and oxygen atoms in total. The normalized spacial score (nSPS) is 18.6. The highest BCUT2D eigenvalue weighted by molar-refractivity contribution is 5.87. The van der Waals surface area contributed by atoms with Crippen molar-refractivity contribution in [2.75, 3.05) is 7.11 Å². The Labute approximate surface area is 127 Å². The molecule has 3 rings (SSSR count). The zero-order valence-corrected chi connectivity index (χ0v) is 13.1. The summed E-state index contributed by atoms with van der Waals surface area (Å²) in [5, 5.41) is 2.54. The number of fused-ring (bicyclic) bond motifs is 1. The number of ether oxygens (including phenoxy) is 1. The van der Waals surface area contributed by atoms with Crippen molar-refractivity contribution in [1.82, 2.24) is 0 Å². The van der Waals surface area contributed by atoms with E-state index in [0.717, 1.165) is 11.7 Å². The minimum Gasteiger partial charge on any atom is -0.497 e. The second-order valence-corrected chi connectivity index (χ2v) is 6.09. The molecule has 0 bridgehead atoms. The summed E-state index contributed by atoms with van der Waals surface area (Å²) in [6.45, 7) is 2.29. The summed E-state index contributed by atoms with van der Waals surface area (Å²) in [4.78, 5) is 0. The molecule has 0 fully saturated rings. The van der Waals surface area contributed by atoms with Gasteiger partial charge in [-0.05, 0) is 65.3 Å². The highest BCUT2D eigenvalue weighted by atomic mass is 16.5. The number of allylic oxidation sites excluding steroid dienone is 2. The maximum atomic E-state index is 5.29. The monoisotopic (exact) mass is 280 g/mol. The Morgan fingerprint density at radius 1 is 1.10 bits per heavy atom. The van der Waals surface area contributed by atoms with Crippen LogP contribution in [0.15, 0.2) is 42.5 Å². The third-order valence-corrected chi connectivity index (χ3v) is 4.63. The summed E-state index contributed by atoms with van der Waals surface area (Å²) >= 11 is 0. The third-order valence-electron chi connectivity index (χ3n) is 4.63. The van der Waals surface area contributed by atoms with Gasteiger partial charge in [0.2, 0.25) is 0 Å². The zero-order chi connectivity index (χ0) is 14.7. The largest absolute Gasteiger partial charge is 0.497 e. The highest BCUT2D eigenvalue weighted by Crippen LogP contribution is 2.33. The van der Waals surface area contributed by atoms with Crippen LogP contribution in [0.3, 0.4) is 0 Å². The zero-order valence-electron chi connectivity index (χ0n) is 13.1. The molecule has 0 N–H and O–H groups in total. The molecule has 21 heavy (non-hydrogen) atoms. The molecule has 0 saturated heterocycles. The Hall–Kier alpha value is -1.76. The molecule has 0 amide bonds. The van der Waals surface area contributed by atoms with E-state index in [4.69, 9.17) is 4.74 Å². The van der Waals surface area contributed by atoms with E-state index in [1.54, 1.807) is 7.11 Å². The molecule has 2 aromatic rings. The van der Waals surface area contributed by atoms with E-state index in [-0.39, 0.29) is 0 Å². The van der Waals surface area contributed by atoms with Crippen molar-refractivity contribution in [1.29, 1.82) is 0 Å². The van der Waals surface area contributed by atoms with Gasteiger partial charge in [-0.2, -0.15) is 0 Å². The van der Waals surface area contributed by atoms with Crippen LogP contribution in [0, 0.1) is 5.92 Å². The van der Waals surface area contributed by atoms with Crippen LogP contribution in [0.4, 0.5) is 0 Å². The van der Waals surface area contributed by atoms with E-state index in [9.17, 15) is 0 Å². The lowest BCUT2D eigenvalue weighted by atomic mass is 9.84. The third kappa shape index (κ3) is 3.12. The average Bonchev–Trinajstić information content (AvgIpc) is 2.55. The predicted octanol–water partition coefficient (Wildman–Crippen LogP) is 5.83. The van der Waals surface area contributed by atoms with E-state index in [1.165, 1.54) is 54.0 Å². The second kappa shape index (κ2) is 6.34. The molecule has 1 heteroatoms. The number of methoxy groups -OCH3 is 1. The van der Waals surface area contributed by atoms with Gasteiger partial charge in [-0.15, -0.1) is 0 Å². The van der Waals surface area contributed by atoms with Crippen LogP contribution in [0.25, 0.3) is 16.3 Å². The molecule has 0 heterocycles. The fourth-order valence-corrected chi connectivity index (χ4v) is 3.37. The lowest BCUT2D eigenvalue weighted by Gasteiger charge is -2.21. The van der Waals surface area contributed by atoms with Gasteiger partial charge in [0.25, 0.3) is 0 Å². The molecular formula is C20H24O. The van der Waals surface area contributed by atoms with E-state index < -0.39 is 0 Å². The van der Waals surface area contributed by atoms with Gasteiger partial charge in [0.1, 0.15) is 5.75 Å². The summed E-state index contributed by atoms with van der Waals surface area (Å²) < 4.78 is 5.29. The highest BCUT2D eigenvalue weighted by Gasteiger charge is 2.14. The minimum absolute atomic E-state index is 0.906. The van der Waals surface area contributed by atoms with Crippen molar-refractivity contribution in [2.45, 2.75) is 39.0 Å². The molecular weight excluding hydrogens is 256 g/mol. The van der Waals surface area contributed by atoms with E-state index in [2.05, 4.69) is 43.3 Å². The number of rotatable bonds is 4. The molecule has 1 aliphatic rings. The smallest absolute Gasteiger partial charge is 0.119 e. The van der Waals surface area contributed by atoms with Crippen LogP contribution < -0.4 is 4.74 Å². The first-order chi connectivity index (χ1) is 10.3. The van der Waals surface area contributed by atoms with Crippen molar-refractivity contribution in [2.24, 2.45) is 5.92 Å². The van der Waals surface area contributed by atoms with Gasteiger partial charge in [0.05, 0.1) is 7.11 Å². The fourth-order valence-electron chi connectivity index (χ4n) is 3.37. The Morgan fingerprint density at radius 3 is 2.62 bits per heavy atom. The molecule has 0 spiro atoms. The summed E-state index contributed by atoms with van der Waals surface area (Å²) in [6, 6.07) is 13.1. The molecule has 110 valence electrons. The Balaban J connectivity index is 1.85. The maximum Gasteiger partial charge on any atom is 0.119 e. The summed E-state index contributed by atoms with van der Waals surface area (Å²) in [6.07, 6.45) is 8.98. The van der Waals surface area contributed by atoms with Crippen molar-refractivity contribution < 1.29 is 4.74 Å². The second-order valence-electron chi connectivity index (χ2n) is 6.09. The standard InChI is InChI=1S/C20H24O/c1-3-4-15-5-7-16(8-6-15)17-9-10-19-14-20(21-2)12-11-18(19)13-17/h7,9-15H,3-6,8H2,1-2H3. The van der Waals surface area contributed by atoms with Crippen LogP contribution in [-0.4, -0.2) is 7.11 Å². The number of hydrogen-bond donors (Lipinski definition) is 0. The lowest BCUT2D eigenvalue weighted by Crippen LogP contribution is -2.04. The first-order valence-electron chi connectivity index (χ1n) is 8.07. The van der Waals surface area contributed by atoms with Crippen LogP contribution in [-0.2, 0) is 0 Å². The van der Waals surface area contributed by atoms with Crippen LogP contribution in [0.5, 0.6) is 5.75 Å². The molecule has 0 aliphatic heterocycles. The Kier molecular flexibility index (Phi) is 4.28. The molecule has 1 unspecified atom stereocenters. The topological polar surface area (TPSA) is 9.23 Å². The first-order valence-corrected chi connectivity index (χ1v) is 8.07. The molecule has 0 saturated carbocycles. The lowest BCUT2D eigenvalue weighted by molar-refractivity contribution is 0.415. The maximum absolute atomic E-state index is 5.29. The summed E-state index contributed by atoms with van der Waals surface area (Å²) in [5.41, 5.74) is 2.92. The van der Waals surface area contributed by atoms with Crippen LogP contribution in [0.2, 0.25) is 0 Å². The SMILES string of the molecule is CCCC1CC=C(c2ccc3cc(OC)ccc3c2)CC1. The average molecular weight is 280 g/mol. The van der Waals surface area contributed by atoms with Crippen molar-refractivity contribution >= 4 is 16.3 Å². The van der Waals surface area contributed by atoms with Gasteiger partial charge in [0, 0.05) is 0 Å². The number of benzene rings is 2. The molecule has 1 atom stereocenters. The summed E-state index contributed by atoms with van der Waals surface area (Å²) in [7, 11) is 1.72. The van der Waals surface area contributed by atoms with Crippen molar-refractivity contribution in [3.05, 3.63) is 48.0 Å². The van der Waals surface area contributed by atoms with Gasteiger partial charge < -0.3 is 4.74 Å². The quantitative estimate of drug-likeness (QED) is 0.684. The van der Waals surface area contributed by atoms with E-state index >= 15 is 0 Å². The van der Waals surface area contributed by atoms with Crippen LogP contribution >= 0.6 is 0 Å². The van der Waals surface area contributed by atoms with Crippen molar-refractivity contribution in [3.63, 3.8) is 0 Å². The summed E-state index contributed by atoms with van der Waals surface area (Å²) in [5.74, 6) is 1.83.